The van der Waals surface area contributed by atoms with Gasteiger partial charge in [-0.1, -0.05) is 22.9 Å². The first-order valence-electron chi connectivity index (χ1n) is 5.96. The summed E-state index contributed by atoms with van der Waals surface area (Å²) in [6.07, 6.45) is -3.72. The van der Waals surface area contributed by atoms with E-state index in [-0.39, 0.29) is 5.33 Å². The highest BCUT2D eigenvalue weighted by atomic mass is 79.9. The van der Waals surface area contributed by atoms with Gasteiger partial charge in [-0.15, -0.1) is 0 Å². The van der Waals surface area contributed by atoms with E-state index in [1.165, 1.54) is 0 Å². The topological polar surface area (TPSA) is 90.4 Å². The first kappa shape index (κ1) is 15.3. The van der Waals surface area contributed by atoms with Gasteiger partial charge in [0, 0.05) is 5.33 Å². The van der Waals surface area contributed by atoms with Crippen molar-refractivity contribution in [3.63, 3.8) is 0 Å². The smallest absolute Gasteiger partial charge is 0.351 e. The van der Waals surface area contributed by atoms with E-state index in [4.69, 9.17) is 10.5 Å². The van der Waals surface area contributed by atoms with Crippen LogP contribution in [0.3, 0.4) is 0 Å². The maximum atomic E-state index is 14.2. The van der Waals surface area contributed by atoms with Crippen LogP contribution in [0.25, 0.3) is 0 Å². The number of aliphatic hydroxyl groups excluding tert-OH is 1. The van der Waals surface area contributed by atoms with Gasteiger partial charge in [-0.05, 0) is 6.42 Å². The van der Waals surface area contributed by atoms with Crippen LogP contribution in [0.1, 0.15) is 19.6 Å². The molecule has 0 aromatic carbocycles. The molecule has 20 heavy (non-hydrogen) atoms. The molecule has 3 N–H and O–H groups in total. The number of alkyl halides is 2. The first-order chi connectivity index (χ1) is 9.36. The molecule has 9 heteroatoms. The van der Waals surface area contributed by atoms with Crippen molar-refractivity contribution in [2.45, 2.75) is 37.4 Å². The minimum Gasteiger partial charge on any atom is -0.387 e. The summed E-state index contributed by atoms with van der Waals surface area (Å²) in [5.74, 6) is -1.52. The van der Waals surface area contributed by atoms with Gasteiger partial charge in [-0.3, -0.25) is 4.57 Å². The molecular formula is C11H14BrF2N3O3. The van der Waals surface area contributed by atoms with Crippen LogP contribution >= 0.6 is 15.9 Å². The monoisotopic (exact) mass is 353 g/mol. The molecular weight excluding hydrogens is 340 g/mol. The van der Waals surface area contributed by atoms with Crippen molar-refractivity contribution in [3.8, 4) is 0 Å². The molecule has 1 saturated heterocycles. The van der Waals surface area contributed by atoms with Crippen molar-refractivity contribution in [2.24, 2.45) is 0 Å². The Kier molecular flexibility index (Phi) is 4.12. The number of rotatable bonds is 3. The van der Waals surface area contributed by atoms with Gasteiger partial charge in [0.05, 0.1) is 6.20 Å². The second kappa shape index (κ2) is 5.38. The Hall–Kier alpha value is -1.06. The Morgan fingerprint density at radius 1 is 1.70 bits per heavy atom. The molecule has 1 aromatic heterocycles. The van der Waals surface area contributed by atoms with Gasteiger partial charge in [0.25, 0.3) is 0 Å². The number of anilines is 1. The van der Waals surface area contributed by atoms with E-state index in [0.717, 1.165) is 6.20 Å². The van der Waals surface area contributed by atoms with Gasteiger partial charge in [-0.2, -0.15) is 4.98 Å². The van der Waals surface area contributed by atoms with E-state index in [2.05, 4.69) is 20.9 Å². The van der Waals surface area contributed by atoms with Crippen LogP contribution in [0.4, 0.5) is 14.6 Å². The van der Waals surface area contributed by atoms with Crippen LogP contribution in [0, 0.1) is 5.82 Å². The van der Waals surface area contributed by atoms with Crippen LogP contribution in [-0.4, -0.2) is 37.9 Å². The zero-order chi connectivity index (χ0) is 15.1. The van der Waals surface area contributed by atoms with Gasteiger partial charge >= 0.3 is 5.69 Å². The molecule has 0 saturated carbocycles. The SMILES string of the molecule is CC[C@@]1(CBr)O[C@@H](n2cc(F)c(N)nc2=O)[C@@H](F)[C@@H]1O. The lowest BCUT2D eigenvalue weighted by Crippen LogP contribution is -2.43. The maximum Gasteiger partial charge on any atom is 0.351 e. The maximum absolute atomic E-state index is 14.2. The van der Waals surface area contributed by atoms with Crippen molar-refractivity contribution in [1.29, 1.82) is 0 Å². The third-order valence-corrected chi connectivity index (χ3v) is 4.45. The Morgan fingerprint density at radius 3 is 2.85 bits per heavy atom. The van der Waals surface area contributed by atoms with E-state index in [1.807, 2.05) is 0 Å². The van der Waals surface area contributed by atoms with E-state index < -0.39 is 41.4 Å². The quantitative estimate of drug-likeness (QED) is 0.782. The zero-order valence-corrected chi connectivity index (χ0v) is 12.2. The Labute approximate surface area is 121 Å². The molecule has 1 aromatic rings. The second-order valence-electron chi connectivity index (χ2n) is 4.61. The number of nitrogen functional groups attached to an aromatic ring is 1. The van der Waals surface area contributed by atoms with Crippen LogP contribution in [0.2, 0.25) is 0 Å². The number of nitrogens with zero attached hydrogens (tertiary/aromatic N) is 2. The van der Waals surface area contributed by atoms with E-state index in [0.29, 0.717) is 11.0 Å². The summed E-state index contributed by atoms with van der Waals surface area (Å²) in [6.45, 7) is 1.71. The highest BCUT2D eigenvalue weighted by molar-refractivity contribution is 9.09. The largest absolute Gasteiger partial charge is 0.387 e. The molecule has 6 nitrogen and oxygen atoms in total. The van der Waals surface area contributed by atoms with Crippen molar-refractivity contribution in [1.82, 2.24) is 9.55 Å². The summed E-state index contributed by atoms with van der Waals surface area (Å²) in [6, 6.07) is 0. The highest BCUT2D eigenvalue weighted by Crippen LogP contribution is 2.41. The standard InChI is InChI=1S/C11H14BrF2N3O3/c1-2-11(4-12)7(18)6(14)9(20-11)17-3-5(13)8(15)16-10(17)19/h3,6-7,9,18H,2,4H2,1H3,(H2,15,16,19)/t6-,7-,9+,11-/m0/s1. The molecule has 1 fully saturated rings. The molecule has 0 aliphatic carbocycles. The summed E-state index contributed by atoms with van der Waals surface area (Å²) in [5.41, 5.74) is 3.05. The number of halogens is 3. The molecule has 1 aliphatic rings. The van der Waals surface area contributed by atoms with Crippen molar-refractivity contribution < 1.29 is 18.6 Å². The third-order valence-electron chi connectivity index (χ3n) is 3.50. The van der Waals surface area contributed by atoms with Crippen molar-refractivity contribution in [3.05, 3.63) is 22.5 Å². The average molecular weight is 354 g/mol. The summed E-state index contributed by atoms with van der Waals surface area (Å²) < 4.78 is 33.8. The summed E-state index contributed by atoms with van der Waals surface area (Å²) in [7, 11) is 0. The van der Waals surface area contributed by atoms with Gasteiger partial charge in [0.1, 0.15) is 11.7 Å². The molecule has 0 spiro atoms. The molecule has 0 radical (unpaired) electrons. The van der Waals surface area contributed by atoms with E-state index in [9.17, 15) is 18.7 Å². The lowest BCUT2D eigenvalue weighted by atomic mass is 9.95. The zero-order valence-electron chi connectivity index (χ0n) is 10.6. The molecule has 0 amide bonds. The van der Waals surface area contributed by atoms with Crippen LogP contribution < -0.4 is 11.4 Å². The number of nitrogens with two attached hydrogens (primary N) is 1. The number of hydrogen-bond acceptors (Lipinski definition) is 5. The molecule has 0 bridgehead atoms. The summed E-state index contributed by atoms with van der Waals surface area (Å²) >= 11 is 3.16. The first-order valence-corrected chi connectivity index (χ1v) is 7.08. The predicted octanol–water partition coefficient (Wildman–Crippen LogP) is 0.736. The predicted molar refractivity (Wildman–Crippen MR) is 70.7 cm³/mol. The van der Waals surface area contributed by atoms with Crippen LogP contribution in [-0.2, 0) is 4.74 Å². The fourth-order valence-corrected chi connectivity index (χ4v) is 3.03. The Morgan fingerprint density at radius 2 is 2.35 bits per heavy atom. The van der Waals surface area contributed by atoms with E-state index in [1.54, 1.807) is 6.92 Å². The highest BCUT2D eigenvalue weighted by Gasteiger charge is 2.54. The number of aromatic nitrogens is 2. The molecule has 2 rings (SSSR count). The number of ether oxygens (including phenoxy) is 1. The third kappa shape index (κ3) is 2.23. The minimum absolute atomic E-state index is 0.175. The van der Waals surface area contributed by atoms with Crippen LogP contribution in [0.15, 0.2) is 11.0 Å². The molecule has 2 heterocycles. The number of aliphatic hydroxyl groups is 1. The summed E-state index contributed by atoms with van der Waals surface area (Å²) in [4.78, 5) is 14.9. The number of hydrogen-bond donors (Lipinski definition) is 2. The fourth-order valence-electron chi connectivity index (χ4n) is 2.17. The van der Waals surface area contributed by atoms with Crippen LogP contribution in [0.5, 0.6) is 0 Å². The van der Waals surface area contributed by atoms with Gasteiger partial charge < -0.3 is 15.6 Å². The normalized spacial score (nSPS) is 33.5. The van der Waals surface area contributed by atoms with Gasteiger partial charge in [-0.25, -0.2) is 13.6 Å². The molecule has 4 atom stereocenters. The summed E-state index contributed by atoms with van der Waals surface area (Å²) in [5, 5.41) is 10.1. The Balaban J connectivity index is 2.45. The molecule has 1 aliphatic heterocycles. The fraction of sp³-hybridized carbons (Fsp3) is 0.636. The van der Waals surface area contributed by atoms with Crippen molar-refractivity contribution >= 4 is 21.7 Å². The van der Waals surface area contributed by atoms with Crippen molar-refractivity contribution in [2.75, 3.05) is 11.1 Å². The average Bonchev–Trinajstić information content (AvgIpc) is 2.68. The lowest BCUT2D eigenvalue weighted by molar-refractivity contribution is -0.0907. The lowest BCUT2D eigenvalue weighted by Gasteiger charge is -2.28. The Bertz CT molecular complexity index is 564. The minimum atomic E-state index is -1.88. The van der Waals surface area contributed by atoms with Gasteiger partial charge in [0.15, 0.2) is 24.0 Å². The van der Waals surface area contributed by atoms with Gasteiger partial charge in [0.2, 0.25) is 0 Å². The van der Waals surface area contributed by atoms with E-state index >= 15 is 0 Å². The second-order valence-corrected chi connectivity index (χ2v) is 5.17. The molecule has 0 unspecified atom stereocenters. The molecule has 112 valence electrons.